The molecule has 2 heteroatoms. The molecular formula is C11H14O2. The monoisotopic (exact) mass is 178 g/mol. The smallest absolute Gasteiger partial charge is 0.136 e. The highest BCUT2D eigenvalue weighted by molar-refractivity contribution is 5.77. The zero-order valence-electron chi connectivity index (χ0n) is 7.99. The van der Waals surface area contributed by atoms with Crippen molar-refractivity contribution in [3.05, 3.63) is 30.3 Å². The summed E-state index contributed by atoms with van der Waals surface area (Å²) in [5.41, 5.74) is 0. The van der Waals surface area contributed by atoms with Gasteiger partial charge in [0.05, 0.1) is 6.61 Å². The topological polar surface area (TPSA) is 26.3 Å². The summed E-state index contributed by atoms with van der Waals surface area (Å²) in [5.74, 6) is 0.951. The van der Waals surface area contributed by atoms with Crippen molar-refractivity contribution in [2.75, 3.05) is 6.61 Å². The summed E-state index contributed by atoms with van der Waals surface area (Å²) in [6.07, 6.45) is 0. The molecule has 0 heterocycles. The van der Waals surface area contributed by atoms with Crippen LogP contribution < -0.4 is 4.74 Å². The van der Waals surface area contributed by atoms with Crippen molar-refractivity contribution in [3.63, 3.8) is 0 Å². The first kappa shape index (κ1) is 9.78. The lowest BCUT2D eigenvalue weighted by atomic mass is 10.1. The fraction of sp³-hybridized carbons (Fsp3) is 0.364. The van der Waals surface area contributed by atoms with E-state index in [0.29, 0.717) is 6.61 Å². The second kappa shape index (κ2) is 4.65. The van der Waals surface area contributed by atoms with E-state index in [1.54, 1.807) is 6.92 Å². The molecule has 2 nitrogen and oxygen atoms in total. The SMILES string of the molecule is CC(=O)[C@@H](C)COc1ccccc1. The Bertz CT molecular complexity index is 267. The predicted molar refractivity (Wildman–Crippen MR) is 51.8 cm³/mol. The standard InChI is InChI=1S/C11H14O2/c1-9(10(2)12)8-13-11-6-4-3-5-7-11/h3-7,9H,8H2,1-2H3/t9-/m0/s1. The summed E-state index contributed by atoms with van der Waals surface area (Å²) < 4.78 is 5.41. The van der Waals surface area contributed by atoms with E-state index in [1.807, 2.05) is 37.3 Å². The lowest BCUT2D eigenvalue weighted by Gasteiger charge is -2.09. The Labute approximate surface area is 78.5 Å². The lowest BCUT2D eigenvalue weighted by molar-refractivity contribution is -0.121. The summed E-state index contributed by atoms with van der Waals surface area (Å²) in [5, 5.41) is 0. The molecule has 0 aliphatic carbocycles. The van der Waals surface area contributed by atoms with Crippen LogP contribution in [0.3, 0.4) is 0 Å². The van der Waals surface area contributed by atoms with Gasteiger partial charge < -0.3 is 4.74 Å². The van der Waals surface area contributed by atoms with Crippen molar-refractivity contribution in [1.29, 1.82) is 0 Å². The Morgan fingerprint density at radius 2 is 2.00 bits per heavy atom. The minimum Gasteiger partial charge on any atom is -0.493 e. The zero-order chi connectivity index (χ0) is 9.68. The minimum atomic E-state index is -0.0276. The van der Waals surface area contributed by atoms with E-state index in [1.165, 1.54) is 0 Å². The lowest BCUT2D eigenvalue weighted by Crippen LogP contribution is -2.15. The van der Waals surface area contributed by atoms with Crippen LogP contribution in [0.2, 0.25) is 0 Å². The number of ketones is 1. The van der Waals surface area contributed by atoms with Crippen LogP contribution in [0, 0.1) is 5.92 Å². The third-order valence-corrected chi connectivity index (χ3v) is 1.94. The molecule has 70 valence electrons. The first-order valence-corrected chi connectivity index (χ1v) is 4.38. The molecular weight excluding hydrogens is 164 g/mol. The Hall–Kier alpha value is -1.31. The van der Waals surface area contributed by atoms with Gasteiger partial charge in [0.25, 0.3) is 0 Å². The van der Waals surface area contributed by atoms with Gasteiger partial charge in [-0.2, -0.15) is 0 Å². The number of hydrogen-bond acceptors (Lipinski definition) is 2. The molecule has 1 atom stereocenters. The molecule has 0 fully saturated rings. The maximum atomic E-state index is 10.9. The Balaban J connectivity index is 2.39. The molecule has 0 aliphatic heterocycles. The number of para-hydroxylation sites is 1. The molecule has 0 radical (unpaired) electrons. The van der Waals surface area contributed by atoms with E-state index >= 15 is 0 Å². The van der Waals surface area contributed by atoms with Crippen molar-refractivity contribution < 1.29 is 9.53 Å². The number of ether oxygens (including phenoxy) is 1. The highest BCUT2D eigenvalue weighted by Crippen LogP contribution is 2.09. The summed E-state index contributed by atoms with van der Waals surface area (Å²) in [6, 6.07) is 9.52. The van der Waals surface area contributed by atoms with Gasteiger partial charge in [-0.1, -0.05) is 25.1 Å². The van der Waals surface area contributed by atoms with E-state index in [-0.39, 0.29) is 11.7 Å². The second-order valence-corrected chi connectivity index (χ2v) is 3.14. The van der Waals surface area contributed by atoms with Crippen LogP contribution in [-0.4, -0.2) is 12.4 Å². The van der Waals surface area contributed by atoms with Gasteiger partial charge in [-0.15, -0.1) is 0 Å². The van der Waals surface area contributed by atoms with E-state index in [2.05, 4.69) is 0 Å². The number of benzene rings is 1. The third-order valence-electron chi connectivity index (χ3n) is 1.94. The summed E-state index contributed by atoms with van der Waals surface area (Å²) in [6.45, 7) is 3.91. The van der Waals surface area contributed by atoms with Crippen LogP contribution in [0.15, 0.2) is 30.3 Å². The van der Waals surface area contributed by atoms with Gasteiger partial charge in [0.2, 0.25) is 0 Å². The van der Waals surface area contributed by atoms with Crippen LogP contribution >= 0.6 is 0 Å². The third kappa shape index (κ3) is 3.28. The highest BCUT2D eigenvalue weighted by atomic mass is 16.5. The number of carbonyl (C=O) groups is 1. The van der Waals surface area contributed by atoms with Gasteiger partial charge in [0.15, 0.2) is 0 Å². The van der Waals surface area contributed by atoms with E-state index in [0.717, 1.165) is 5.75 Å². The molecule has 0 saturated heterocycles. The Kier molecular flexibility index (Phi) is 3.50. The van der Waals surface area contributed by atoms with Crippen molar-refractivity contribution in [3.8, 4) is 5.75 Å². The first-order chi connectivity index (χ1) is 6.20. The van der Waals surface area contributed by atoms with Gasteiger partial charge in [-0.05, 0) is 19.1 Å². The summed E-state index contributed by atoms with van der Waals surface area (Å²) >= 11 is 0. The Morgan fingerprint density at radius 3 is 2.54 bits per heavy atom. The molecule has 0 N–H and O–H groups in total. The van der Waals surface area contributed by atoms with Crippen LogP contribution in [0.4, 0.5) is 0 Å². The normalized spacial score (nSPS) is 12.2. The van der Waals surface area contributed by atoms with E-state index in [4.69, 9.17) is 4.74 Å². The molecule has 0 aliphatic rings. The molecule has 1 aromatic carbocycles. The highest BCUT2D eigenvalue weighted by Gasteiger charge is 2.07. The average molecular weight is 178 g/mol. The summed E-state index contributed by atoms with van der Waals surface area (Å²) in [4.78, 5) is 10.9. The van der Waals surface area contributed by atoms with Crippen LogP contribution in [0.5, 0.6) is 5.75 Å². The minimum absolute atomic E-state index is 0.0276. The molecule has 13 heavy (non-hydrogen) atoms. The van der Waals surface area contributed by atoms with Crippen molar-refractivity contribution in [2.24, 2.45) is 5.92 Å². The summed E-state index contributed by atoms with van der Waals surface area (Å²) in [7, 11) is 0. The number of Topliss-reactive ketones (excluding diaryl/α,β-unsaturated/α-hetero) is 1. The number of rotatable bonds is 4. The first-order valence-electron chi connectivity index (χ1n) is 4.38. The van der Waals surface area contributed by atoms with Crippen molar-refractivity contribution in [2.45, 2.75) is 13.8 Å². The van der Waals surface area contributed by atoms with Crippen molar-refractivity contribution in [1.82, 2.24) is 0 Å². The molecule has 1 aromatic rings. The maximum absolute atomic E-state index is 10.9. The maximum Gasteiger partial charge on any atom is 0.136 e. The van der Waals surface area contributed by atoms with Gasteiger partial charge >= 0.3 is 0 Å². The molecule has 1 rings (SSSR count). The fourth-order valence-electron chi connectivity index (χ4n) is 0.855. The quantitative estimate of drug-likeness (QED) is 0.707. The second-order valence-electron chi connectivity index (χ2n) is 3.14. The zero-order valence-corrected chi connectivity index (χ0v) is 7.99. The van der Waals surface area contributed by atoms with E-state index < -0.39 is 0 Å². The van der Waals surface area contributed by atoms with Crippen LogP contribution in [-0.2, 0) is 4.79 Å². The van der Waals surface area contributed by atoms with Gasteiger partial charge in [0.1, 0.15) is 11.5 Å². The average Bonchev–Trinajstić information content (AvgIpc) is 2.15. The molecule has 0 saturated carbocycles. The van der Waals surface area contributed by atoms with Crippen molar-refractivity contribution >= 4 is 5.78 Å². The molecule has 0 aromatic heterocycles. The number of hydrogen-bond donors (Lipinski definition) is 0. The van der Waals surface area contributed by atoms with Gasteiger partial charge in [0, 0.05) is 5.92 Å². The predicted octanol–water partition coefficient (Wildman–Crippen LogP) is 2.29. The largest absolute Gasteiger partial charge is 0.493 e. The Morgan fingerprint density at radius 1 is 1.38 bits per heavy atom. The fourth-order valence-corrected chi connectivity index (χ4v) is 0.855. The molecule has 0 amide bonds. The van der Waals surface area contributed by atoms with Gasteiger partial charge in [-0.3, -0.25) is 4.79 Å². The number of carbonyl (C=O) groups excluding carboxylic acids is 1. The van der Waals surface area contributed by atoms with E-state index in [9.17, 15) is 4.79 Å². The van der Waals surface area contributed by atoms with Crippen LogP contribution in [0.1, 0.15) is 13.8 Å². The molecule has 0 bridgehead atoms. The molecule has 0 spiro atoms. The van der Waals surface area contributed by atoms with Crippen LogP contribution in [0.25, 0.3) is 0 Å². The molecule has 0 unspecified atom stereocenters. The van der Waals surface area contributed by atoms with Gasteiger partial charge in [-0.25, -0.2) is 0 Å².